The molecule has 6 rings (SSSR count). The molecule has 0 unspecified atom stereocenters. The number of carbonyl (C=O) groups excluding carboxylic acids is 3. The molecule has 12 heteroatoms. The summed E-state index contributed by atoms with van der Waals surface area (Å²) in [5, 5.41) is 16.1. The topological polar surface area (TPSA) is 135 Å². The van der Waals surface area contributed by atoms with Gasteiger partial charge in [-0.2, -0.15) is 0 Å². The van der Waals surface area contributed by atoms with Gasteiger partial charge >= 0.3 is 0 Å². The quantitative estimate of drug-likeness (QED) is 0.346. The Balaban J connectivity index is 1.39. The van der Waals surface area contributed by atoms with Crippen LogP contribution < -0.4 is 25.3 Å². The van der Waals surface area contributed by atoms with Crippen LogP contribution in [0.1, 0.15) is 24.5 Å². The first-order chi connectivity index (χ1) is 20.6. The van der Waals surface area contributed by atoms with Crippen LogP contribution in [-0.2, 0) is 31.3 Å². The lowest BCUT2D eigenvalue weighted by molar-refractivity contribution is -0.146. The van der Waals surface area contributed by atoms with Crippen molar-refractivity contribution >= 4 is 43.1 Å². The predicted molar refractivity (Wildman–Crippen MR) is 165 cm³/mol. The highest BCUT2D eigenvalue weighted by molar-refractivity contribution is 6.71. The number of nitrogens with one attached hydrogen (secondary N) is 2. The summed E-state index contributed by atoms with van der Waals surface area (Å²) in [5.41, 5.74) is 2.20. The van der Waals surface area contributed by atoms with Gasteiger partial charge in [-0.3, -0.25) is 14.4 Å². The summed E-state index contributed by atoms with van der Waals surface area (Å²) in [6, 6.07) is 13.4. The highest BCUT2D eigenvalue weighted by atomic mass is 28.4. The lowest BCUT2D eigenvalue weighted by Gasteiger charge is -2.33. The molecule has 11 nitrogen and oxygen atoms in total. The molecule has 3 saturated heterocycles. The van der Waals surface area contributed by atoms with E-state index in [0.717, 1.165) is 17.8 Å². The number of piperazine rings is 2. The lowest BCUT2D eigenvalue weighted by atomic mass is 9.82. The van der Waals surface area contributed by atoms with E-state index in [1.54, 1.807) is 14.7 Å². The smallest absolute Gasteiger partial charge is 0.264 e. The number of anilines is 3. The van der Waals surface area contributed by atoms with E-state index in [1.165, 1.54) is 0 Å². The van der Waals surface area contributed by atoms with E-state index in [2.05, 4.69) is 10.6 Å². The Bertz CT molecular complexity index is 1410. The summed E-state index contributed by atoms with van der Waals surface area (Å²) in [5.74, 6) is -0.575. The van der Waals surface area contributed by atoms with Crippen molar-refractivity contribution in [3.63, 3.8) is 0 Å². The zero-order valence-electron chi connectivity index (χ0n) is 25.0. The van der Waals surface area contributed by atoms with E-state index in [1.807, 2.05) is 62.5 Å². The van der Waals surface area contributed by atoms with Gasteiger partial charge in [0.2, 0.25) is 11.8 Å². The molecule has 230 valence electrons. The van der Waals surface area contributed by atoms with Gasteiger partial charge < -0.3 is 40.0 Å². The van der Waals surface area contributed by atoms with Gasteiger partial charge in [0.15, 0.2) is 13.9 Å². The molecule has 2 aromatic rings. The Labute approximate surface area is 252 Å². The highest BCUT2D eigenvalue weighted by Crippen LogP contribution is 2.60. The standard InChI is InChI=1S/C31H41N5O6Si/c1-20-29(43(2,3)41)26(10-15-37)42-31(20)24-16-23(35-14-12-33-18-28(35)39)8-9-25(24)36(30(31)40)19-21-4-6-22(7-5-21)34-13-11-32-17-27(34)38/h4-9,16,20,26,29,32-33,37,41H,10-15,17-19H2,1-3H3/t20-,26+,29-,31+/m1/s1. The number of ether oxygens (including phenoxy) is 1. The molecule has 0 bridgehead atoms. The maximum atomic E-state index is 14.7. The van der Waals surface area contributed by atoms with E-state index < -0.39 is 20.0 Å². The fourth-order valence-electron chi connectivity index (χ4n) is 7.51. The molecule has 43 heavy (non-hydrogen) atoms. The Kier molecular flexibility index (Phi) is 7.94. The van der Waals surface area contributed by atoms with Gasteiger partial charge in [0.1, 0.15) is 0 Å². The molecule has 0 radical (unpaired) electrons. The van der Waals surface area contributed by atoms with Gasteiger partial charge in [0.25, 0.3) is 5.91 Å². The van der Waals surface area contributed by atoms with Crippen LogP contribution in [0.25, 0.3) is 0 Å². The number of hydrogen-bond donors (Lipinski definition) is 4. The van der Waals surface area contributed by atoms with Crippen LogP contribution in [-0.4, -0.2) is 87.9 Å². The second-order valence-electron chi connectivity index (χ2n) is 12.6. The number of fused-ring (bicyclic) bond motifs is 2. The summed E-state index contributed by atoms with van der Waals surface area (Å²) < 4.78 is 6.75. The Morgan fingerprint density at radius 1 is 0.953 bits per heavy atom. The van der Waals surface area contributed by atoms with E-state index in [9.17, 15) is 24.3 Å². The van der Waals surface area contributed by atoms with E-state index >= 15 is 0 Å². The molecule has 2 aromatic carbocycles. The summed E-state index contributed by atoms with van der Waals surface area (Å²) in [4.78, 5) is 56.4. The molecule has 4 heterocycles. The maximum Gasteiger partial charge on any atom is 0.264 e. The molecule has 3 fully saturated rings. The normalized spacial score (nSPS) is 27.9. The van der Waals surface area contributed by atoms with Crippen molar-refractivity contribution < 1.29 is 29.0 Å². The number of nitrogens with zero attached hydrogens (tertiary/aromatic N) is 3. The molecular formula is C31H41N5O6Si. The van der Waals surface area contributed by atoms with Crippen molar-refractivity contribution in [3.05, 3.63) is 53.6 Å². The first kappa shape index (κ1) is 29.9. The van der Waals surface area contributed by atoms with Crippen molar-refractivity contribution in [2.75, 3.05) is 60.6 Å². The summed E-state index contributed by atoms with van der Waals surface area (Å²) in [6.45, 7) is 8.97. The molecule has 4 aliphatic heterocycles. The minimum absolute atomic E-state index is 0.0260. The molecule has 4 atom stereocenters. The van der Waals surface area contributed by atoms with Crippen molar-refractivity contribution in [1.29, 1.82) is 0 Å². The van der Waals surface area contributed by atoms with Crippen LogP contribution in [0, 0.1) is 5.92 Å². The molecule has 0 aromatic heterocycles. The number of benzene rings is 2. The van der Waals surface area contributed by atoms with Crippen LogP contribution in [0.5, 0.6) is 0 Å². The van der Waals surface area contributed by atoms with Gasteiger partial charge in [-0.1, -0.05) is 19.1 Å². The lowest BCUT2D eigenvalue weighted by Crippen LogP contribution is -2.48. The SMILES string of the molecule is C[C@@H]1[C@@H]([Si](C)(C)O)[C@H](CCO)O[C@@]12C(=O)N(Cc1ccc(N3CCNCC3=O)cc1)c1ccc(N3CCNCC3=O)cc12. The first-order valence-corrected chi connectivity index (χ1v) is 18.2. The fourth-order valence-corrected chi connectivity index (χ4v) is 10.1. The van der Waals surface area contributed by atoms with Crippen LogP contribution in [0.15, 0.2) is 42.5 Å². The van der Waals surface area contributed by atoms with Crippen molar-refractivity contribution in [2.24, 2.45) is 5.92 Å². The molecule has 0 saturated carbocycles. The minimum atomic E-state index is -2.83. The molecule has 3 amide bonds. The number of hydrogen-bond acceptors (Lipinski definition) is 8. The van der Waals surface area contributed by atoms with E-state index in [0.29, 0.717) is 56.1 Å². The molecule has 1 spiro atoms. The van der Waals surface area contributed by atoms with Crippen LogP contribution in [0.2, 0.25) is 18.6 Å². The summed E-state index contributed by atoms with van der Waals surface area (Å²) in [7, 11) is -2.83. The van der Waals surface area contributed by atoms with Gasteiger partial charge in [0.05, 0.1) is 31.4 Å². The maximum absolute atomic E-state index is 14.7. The second-order valence-corrected chi connectivity index (χ2v) is 16.5. The third-order valence-corrected chi connectivity index (χ3v) is 12.0. The number of carbonyl (C=O) groups is 3. The Hall–Kier alpha value is -3.13. The van der Waals surface area contributed by atoms with Gasteiger partial charge in [-0.05, 0) is 55.4 Å². The first-order valence-electron chi connectivity index (χ1n) is 15.1. The van der Waals surface area contributed by atoms with Crippen LogP contribution in [0.4, 0.5) is 17.1 Å². The third-order valence-electron chi connectivity index (χ3n) is 9.46. The van der Waals surface area contributed by atoms with Gasteiger partial charge in [-0.25, -0.2) is 0 Å². The fraction of sp³-hybridized carbons (Fsp3) is 0.516. The number of amides is 3. The Morgan fingerprint density at radius 2 is 1.56 bits per heavy atom. The Morgan fingerprint density at radius 3 is 2.14 bits per heavy atom. The molecule has 4 N–H and O–H groups in total. The van der Waals surface area contributed by atoms with Crippen molar-refractivity contribution in [3.8, 4) is 0 Å². The zero-order valence-corrected chi connectivity index (χ0v) is 26.0. The van der Waals surface area contributed by atoms with Gasteiger partial charge in [-0.15, -0.1) is 0 Å². The second kappa shape index (κ2) is 11.4. The molecule has 0 aliphatic carbocycles. The van der Waals surface area contributed by atoms with Crippen molar-refractivity contribution in [1.82, 2.24) is 10.6 Å². The van der Waals surface area contributed by atoms with Crippen LogP contribution in [0.3, 0.4) is 0 Å². The average Bonchev–Trinajstić information content (AvgIpc) is 3.40. The zero-order chi connectivity index (χ0) is 30.5. The van der Waals surface area contributed by atoms with Crippen LogP contribution >= 0.6 is 0 Å². The molecule has 4 aliphatic rings. The number of aliphatic hydroxyl groups excluding tert-OH is 1. The van der Waals surface area contributed by atoms with E-state index in [-0.39, 0.29) is 42.3 Å². The third kappa shape index (κ3) is 5.09. The number of rotatable bonds is 7. The summed E-state index contributed by atoms with van der Waals surface area (Å²) >= 11 is 0. The van der Waals surface area contributed by atoms with E-state index in [4.69, 9.17) is 4.74 Å². The molecular weight excluding hydrogens is 566 g/mol. The van der Waals surface area contributed by atoms with Crippen molar-refractivity contribution in [2.45, 2.75) is 50.2 Å². The highest BCUT2D eigenvalue weighted by Gasteiger charge is 2.66. The monoisotopic (exact) mass is 607 g/mol. The largest absolute Gasteiger partial charge is 0.432 e. The summed E-state index contributed by atoms with van der Waals surface area (Å²) in [6.07, 6.45) is -0.165. The average molecular weight is 608 g/mol. The van der Waals surface area contributed by atoms with Gasteiger partial charge in [0, 0.05) is 61.2 Å². The number of aliphatic hydroxyl groups is 1. The minimum Gasteiger partial charge on any atom is -0.432 e. The predicted octanol–water partition coefficient (Wildman–Crippen LogP) is 1.29.